The summed E-state index contributed by atoms with van der Waals surface area (Å²) in [6, 6.07) is 1.01. The van der Waals surface area contributed by atoms with Gasteiger partial charge in [-0.1, -0.05) is 19.3 Å². The largest absolute Gasteiger partial charge is 0.444 e. The number of rotatable bonds is 3. The summed E-state index contributed by atoms with van der Waals surface area (Å²) >= 11 is 0. The second-order valence-corrected chi connectivity index (χ2v) is 7.44. The Morgan fingerprint density at radius 2 is 1.80 bits per heavy atom. The van der Waals surface area contributed by atoms with Gasteiger partial charge in [0.05, 0.1) is 0 Å². The van der Waals surface area contributed by atoms with Crippen LogP contribution >= 0.6 is 0 Å². The van der Waals surface area contributed by atoms with Crippen LogP contribution in [0.25, 0.3) is 0 Å². The van der Waals surface area contributed by atoms with Crippen LogP contribution in [0.1, 0.15) is 59.8 Å². The Kier molecular flexibility index (Phi) is 4.95. The van der Waals surface area contributed by atoms with Gasteiger partial charge >= 0.3 is 6.09 Å². The van der Waals surface area contributed by atoms with Crippen molar-refractivity contribution < 1.29 is 9.53 Å². The average molecular weight is 282 g/mol. The molecule has 4 nitrogen and oxygen atoms in total. The summed E-state index contributed by atoms with van der Waals surface area (Å²) in [4.78, 5) is 13.6. The van der Waals surface area contributed by atoms with Crippen LogP contribution in [0.5, 0.6) is 0 Å². The number of hydrogen-bond donors (Lipinski definition) is 1. The molecule has 0 bridgehead atoms. The van der Waals surface area contributed by atoms with Crippen LogP contribution in [0.2, 0.25) is 0 Å². The summed E-state index contributed by atoms with van der Waals surface area (Å²) in [7, 11) is 0. The fourth-order valence-corrected chi connectivity index (χ4v) is 3.20. The molecule has 2 rings (SSSR count). The lowest BCUT2D eigenvalue weighted by Gasteiger charge is -2.42. The van der Waals surface area contributed by atoms with E-state index in [1.807, 2.05) is 20.8 Å². The number of amides is 1. The minimum absolute atomic E-state index is 0.180. The summed E-state index contributed by atoms with van der Waals surface area (Å²) in [5.74, 6) is 0.819. The highest BCUT2D eigenvalue weighted by molar-refractivity contribution is 5.69. The van der Waals surface area contributed by atoms with Gasteiger partial charge in [0.2, 0.25) is 0 Å². The predicted molar refractivity (Wildman–Crippen MR) is 80.8 cm³/mol. The van der Waals surface area contributed by atoms with Gasteiger partial charge in [0.15, 0.2) is 0 Å². The number of hydrogen-bond acceptors (Lipinski definition) is 3. The molecule has 0 radical (unpaired) electrons. The Bertz CT molecular complexity index is 326. The van der Waals surface area contributed by atoms with Gasteiger partial charge in [-0.3, -0.25) is 0 Å². The van der Waals surface area contributed by atoms with Gasteiger partial charge in [0, 0.05) is 25.2 Å². The van der Waals surface area contributed by atoms with E-state index in [9.17, 15) is 4.79 Å². The summed E-state index contributed by atoms with van der Waals surface area (Å²) in [6.45, 7) is 9.59. The number of carbonyl (C=O) groups excluding carboxylic acids is 1. The molecular weight excluding hydrogens is 252 g/mol. The van der Waals surface area contributed by atoms with Crippen LogP contribution in [-0.2, 0) is 4.74 Å². The highest BCUT2D eigenvalue weighted by Gasteiger charge is 2.35. The van der Waals surface area contributed by atoms with Crippen molar-refractivity contribution in [2.24, 2.45) is 5.92 Å². The Balaban J connectivity index is 1.67. The van der Waals surface area contributed by atoms with Crippen LogP contribution in [0, 0.1) is 5.92 Å². The minimum Gasteiger partial charge on any atom is -0.444 e. The first-order chi connectivity index (χ1) is 9.35. The van der Waals surface area contributed by atoms with E-state index < -0.39 is 5.60 Å². The number of nitrogens with zero attached hydrogens (tertiary/aromatic N) is 1. The topological polar surface area (TPSA) is 41.6 Å². The fraction of sp³-hybridized carbons (Fsp3) is 0.938. The standard InChI is InChI=1S/C16H30N2O2/c1-12(13-8-6-5-7-9-13)17-14-10-18(11-14)15(19)20-16(2,3)4/h12-14,17H,5-11H2,1-4H3/t12-/m0/s1. The summed E-state index contributed by atoms with van der Waals surface area (Å²) in [5.41, 5.74) is -0.398. The maximum atomic E-state index is 11.8. The van der Waals surface area contributed by atoms with Crippen LogP contribution < -0.4 is 5.32 Å². The summed E-state index contributed by atoms with van der Waals surface area (Å²) < 4.78 is 5.37. The zero-order chi connectivity index (χ0) is 14.8. The van der Waals surface area contributed by atoms with E-state index >= 15 is 0 Å². The molecule has 1 amide bonds. The van der Waals surface area contributed by atoms with Crippen molar-refractivity contribution in [1.29, 1.82) is 0 Å². The van der Waals surface area contributed by atoms with E-state index in [4.69, 9.17) is 4.74 Å². The number of carbonyl (C=O) groups is 1. The average Bonchev–Trinajstić information content (AvgIpc) is 2.31. The van der Waals surface area contributed by atoms with Gasteiger partial charge in [0.25, 0.3) is 0 Å². The van der Waals surface area contributed by atoms with Crippen LogP contribution in [-0.4, -0.2) is 41.8 Å². The van der Waals surface area contributed by atoms with Crippen molar-refractivity contribution in [2.75, 3.05) is 13.1 Å². The number of likely N-dealkylation sites (tertiary alicyclic amines) is 1. The highest BCUT2D eigenvalue weighted by Crippen LogP contribution is 2.27. The van der Waals surface area contributed by atoms with Crippen molar-refractivity contribution in [3.05, 3.63) is 0 Å². The van der Waals surface area contributed by atoms with E-state index in [-0.39, 0.29) is 6.09 Å². The van der Waals surface area contributed by atoms with Gasteiger partial charge in [-0.25, -0.2) is 4.79 Å². The smallest absolute Gasteiger partial charge is 0.410 e. The third-order valence-electron chi connectivity index (χ3n) is 4.39. The summed E-state index contributed by atoms with van der Waals surface area (Å²) in [6.07, 6.45) is 6.70. The molecular formula is C16H30N2O2. The molecule has 0 aromatic carbocycles. The molecule has 1 aliphatic heterocycles. The normalized spacial score (nSPS) is 23.3. The lowest BCUT2D eigenvalue weighted by atomic mass is 9.84. The third-order valence-corrected chi connectivity index (χ3v) is 4.39. The molecule has 1 N–H and O–H groups in total. The number of ether oxygens (including phenoxy) is 1. The molecule has 1 saturated heterocycles. The van der Waals surface area contributed by atoms with E-state index in [0.29, 0.717) is 12.1 Å². The monoisotopic (exact) mass is 282 g/mol. The predicted octanol–water partition coefficient (Wildman–Crippen LogP) is 3.16. The molecule has 116 valence electrons. The lowest BCUT2D eigenvalue weighted by Crippen LogP contribution is -2.62. The van der Waals surface area contributed by atoms with Gasteiger partial charge < -0.3 is 15.0 Å². The zero-order valence-electron chi connectivity index (χ0n) is 13.4. The molecule has 1 aliphatic carbocycles. The van der Waals surface area contributed by atoms with Crippen LogP contribution in [0.3, 0.4) is 0 Å². The van der Waals surface area contributed by atoms with Crippen molar-refractivity contribution in [2.45, 2.75) is 77.5 Å². The quantitative estimate of drug-likeness (QED) is 0.864. The van der Waals surface area contributed by atoms with Gasteiger partial charge in [-0.2, -0.15) is 0 Å². The Hall–Kier alpha value is -0.770. The Labute approximate surface area is 123 Å². The molecule has 2 aliphatic rings. The molecule has 1 saturated carbocycles. The van der Waals surface area contributed by atoms with Crippen molar-refractivity contribution in [3.8, 4) is 0 Å². The maximum absolute atomic E-state index is 11.8. The first kappa shape index (κ1) is 15.6. The molecule has 20 heavy (non-hydrogen) atoms. The van der Waals surface area contributed by atoms with Crippen molar-refractivity contribution in [3.63, 3.8) is 0 Å². The molecule has 0 unspecified atom stereocenters. The van der Waals surface area contributed by atoms with Crippen LogP contribution in [0.4, 0.5) is 4.79 Å². The van der Waals surface area contributed by atoms with E-state index in [0.717, 1.165) is 19.0 Å². The molecule has 0 aromatic heterocycles. The zero-order valence-corrected chi connectivity index (χ0v) is 13.4. The van der Waals surface area contributed by atoms with Crippen molar-refractivity contribution in [1.82, 2.24) is 10.2 Å². The van der Waals surface area contributed by atoms with E-state index in [1.54, 1.807) is 4.90 Å². The first-order valence-corrected chi connectivity index (χ1v) is 8.09. The summed E-state index contributed by atoms with van der Waals surface area (Å²) in [5, 5.41) is 3.68. The minimum atomic E-state index is -0.398. The molecule has 2 fully saturated rings. The Morgan fingerprint density at radius 1 is 1.20 bits per heavy atom. The second-order valence-electron chi connectivity index (χ2n) is 7.44. The molecule has 0 spiro atoms. The van der Waals surface area contributed by atoms with E-state index in [2.05, 4.69) is 12.2 Å². The van der Waals surface area contributed by atoms with Gasteiger partial charge in [-0.15, -0.1) is 0 Å². The first-order valence-electron chi connectivity index (χ1n) is 8.09. The fourth-order valence-electron chi connectivity index (χ4n) is 3.20. The molecule has 4 heteroatoms. The SMILES string of the molecule is C[C@H](NC1CN(C(=O)OC(C)(C)C)C1)C1CCCCC1. The molecule has 1 atom stereocenters. The van der Waals surface area contributed by atoms with E-state index in [1.165, 1.54) is 32.1 Å². The third kappa shape index (κ3) is 4.37. The highest BCUT2D eigenvalue weighted by atomic mass is 16.6. The Morgan fingerprint density at radius 3 is 2.35 bits per heavy atom. The second kappa shape index (κ2) is 6.33. The molecule has 0 aromatic rings. The molecule has 1 heterocycles. The number of nitrogens with one attached hydrogen (secondary N) is 1. The van der Waals surface area contributed by atoms with Crippen molar-refractivity contribution >= 4 is 6.09 Å². The van der Waals surface area contributed by atoms with Gasteiger partial charge in [0.1, 0.15) is 5.60 Å². The van der Waals surface area contributed by atoms with Gasteiger partial charge in [-0.05, 0) is 46.5 Å². The lowest BCUT2D eigenvalue weighted by molar-refractivity contribution is 0.00330. The van der Waals surface area contributed by atoms with Crippen LogP contribution in [0.15, 0.2) is 0 Å². The maximum Gasteiger partial charge on any atom is 0.410 e.